The summed E-state index contributed by atoms with van der Waals surface area (Å²) in [5, 5.41) is 18.3. The molecule has 1 aromatic heterocycles. The maximum absolute atomic E-state index is 12.5. The van der Waals surface area contributed by atoms with Crippen molar-refractivity contribution in [1.82, 2.24) is 20.4 Å². The van der Waals surface area contributed by atoms with Gasteiger partial charge in [0.05, 0.1) is 5.52 Å². The van der Waals surface area contributed by atoms with Crippen molar-refractivity contribution < 1.29 is 27.9 Å². The Morgan fingerprint density at radius 2 is 1.79 bits per heavy atom. The molecule has 2 bridgehead atoms. The Labute approximate surface area is 158 Å². The van der Waals surface area contributed by atoms with E-state index in [0.29, 0.717) is 17.8 Å². The number of aromatic amines is 1. The third-order valence-electron chi connectivity index (χ3n) is 5.36. The van der Waals surface area contributed by atoms with E-state index in [2.05, 4.69) is 27.5 Å². The zero-order chi connectivity index (χ0) is 20.5. The number of piperidine rings is 1. The van der Waals surface area contributed by atoms with E-state index < -0.39 is 12.1 Å². The Bertz CT molecular complexity index is 853. The lowest BCUT2D eigenvalue weighted by Gasteiger charge is -2.36. The monoisotopic (exact) mass is 398 g/mol. The summed E-state index contributed by atoms with van der Waals surface area (Å²) in [4.78, 5) is 23.9. The number of amides is 1. The highest BCUT2D eigenvalue weighted by molar-refractivity contribution is 6.04. The molecule has 2 aromatic rings. The maximum atomic E-state index is 12.5. The van der Waals surface area contributed by atoms with E-state index >= 15 is 0 Å². The first-order valence-electron chi connectivity index (χ1n) is 8.93. The van der Waals surface area contributed by atoms with E-state index in [4.69, 9.17) is 9.90 Å². The molecule has 3 N–H and O–H groups in total. The van der Waals surface area contributed by atoms with Crippen LogP contribution in [0.3, 0.4) is 0 Å². The largest absolute Gasteiger partial charge is 0.490 e. The van der Waals surface area contributed by atoms with Crippen LogP contribution in [0.4, 0.5) is 13.2 Å². The van der Waals surface area contributed by atoms with Gasteiger partial charge in [0, 0.05) is 23.5 Å². The van der Waals surface area contributed by atoms with Crippen molar-refractivity contribution >= 4 is 22.8 Å². The van der Waals surface area contributed by atoms with Gasteiger partial charge in [-0.25, -0.2) is 4.79 Å². The van der Waals surface area contributed by atoms with E-state index in [-0.39, 0.29) is 11.9 Å². The van der Waals surface area contributed by atoms with Crippen LogP contribution in [0.25, 0.3) is 10.9 Å². The Balaban J connectivity index is 0.000000279. The fraction of sp³-hybridized carbons (Fsp3) is 0.500. The third-order valence-corrected chi connectivity index (χ3v) is 5.36. The lowest BCUT2D eigenvalue weighted by Crippen LogP contribution is -2.48. The predicted molar refractivity (Wildman–Crippen MR) is 94.8 cm³/mol. The smallest absolute Gasteiger partial charge is 0.475 e. The van der Waals surface area contributed by atoms with Crippen molar-refractivity contribution in [2.24, 2.45) is 0 Å². The van der Waals surface area contributed by atoms with Gasteiger partial charge in [-0.15, -0.1) is 0 Å². The number of fused-ring (bicyclic) bond motifs is 3. The molecule has 152 valence electrons. The van der Waals surface area contributed by atoms with Gasteiger partial charge < -0.3 is 15.3 Å². The van der Waals surface area contributed by atoms with Crippen LogP contribution in [-0.2, 0) is 4.79 Å². The predicted octanol–water partition coefficient (Wildman–Crippen LogP) is 2.55. The van der Waals surface area contributed by atoms with E-state index in [0.717, 1.165) is 23.7 Å². The Morgan fingerprint density at radius 1 is 1.21 bits per heavy atom. The van der Waals surface area contributed by atoms with Gasteiger partial charge in [-0.3, -0.25) is 9.89 Å². The topological polar surface area (TPSA) is 98.3 Å². The van der Waals surface area contributed by atoms with Crippen LogP contribution in [0.15, 0.2) is 24.3 Å². The van der Waals surface area contributed by atoms with Crippen LogP contribution in [0.1, 0.15) is 36.2 Å². The number of aliphatic carboxylic acids is 1. The fourth-order valence-corrected chi connectivity index (χ4v) is 3.92. The number of alkyl halides is 3. The van der Waals surface area contributed by atoms with E-state index in [1.165, 1.54) is 12.8 Å². The summed E-state index contributed by atoms with van der Waals surface area (Å²) in [6.07, 6.45) is -0.445. The Morgan fingerprint density at radius 3 is 2.36 bits per heavy atom. The van der Waals surface area contributed by atoms with Crippen LogP contribution in [0.2, 0.25) is 0 Å². The molecule has 0 unspecified atom stereocenters. The molecule has 0 radical (unpaired) electrons. The van der Waals surface area contributed by atoms with E-state index in [9.17, 15) is 18.0 Å². The standard InChI is InChI=1S/C16H20N4O.C2HF3O2/c1-20-11-6-7-12(20)9-10(8-11)17-16(21)15-13-4-2-3-5-14(13)18-19-15;3-2(4,5)1(6)7/h2-5,10-12H,6-9H2,1H3,(H,17,21)(H,18,19);(H,6,7)/t10-,11+,12-;. The maximum Gasteiger partial charge on any atom is 0.490 e. The molecule has 2 aliphatic rings. The summed E-state index contributed by atoms with van der Waals surface area (Å²) in [6, 6.07) is 9.29. The molecule has 4 rings (SSSR count). The minimum absolute atomic E-state index is 0.0543. The summed E-state index contributed by atoms with van der Waals surface area (Å²) in [6.45, 7) is 0. The second-order valence-electron chi connectivity index (χ2n) is 7.11. The van der Waals surface area contributed by atoms with Crippen molar-refractivity contribution in [3.63, 3.8) is 0 Å². The molecule has 2 saturated heterocycles. The van der Waals surface area contributed by atoms with Gasteiger partial charge in [0.15, 0.2) is 5.69 Å². The van der Waals surface area contributed by atoms with Crippen LogP contribution in [0.5, 0.6) is 0 Å². The molecule has 3 heterocycles. The number of halogens is 3. The molecular weight excluding hydrogens is 377 g/mol. The highest BCUT2D eigenvalue weighted by Gasteiger charge is 2.39. The summed E-state index contributed by atoms with van der Waals surface area (Å²) in [7, 11) is 2.21. The number of benzene rings is 1. The van der Waals surface area contributed by atoms with Crippen LogP contribution >= 0.6 is 0 Å². The number of carbonyl (C=O) groups excluding carboxylic acids is 1. The normalized spacial score (nSPS) is 24.5. The number of rotatable bonds is 2. The molecule has 2 fully saturated rings. The van der Waals surface area contributed by atoms with E-state index in [1.807, 2.05) is 24.3 Å². The second-order valence-corrected chi connectivity index (χ2v) is 7.11. The fourth-order valence-electron chi connectivity index (χ4n) is 3.92. The lowest BCUT2D eigenvalue weighted by molar-refractivity contribution is -0.192. The number of carbonyl (C=O) groups is 2. The SMILES string of the molecule is CN1[C@@H]2CC[C@H]1C[C@@H](NC(=O)c1n[nH]c3ccccc13)C2.O=C(O)C(F)(F)F. The first-order valence-corrected chi connectivity index (χ1v) is 8.93. The molecule has 2 aliphatic heterocycles. The number of aromatic nitrogens is 2. The number of para-hydroxylation sites is 1. The van der Waals surface area contributed by atoms with Gasteiger partial charge in [0.25, 0.3) is 5.91 Å². The molecule has 0 spiro atoms. The van der Waals surface area contributed by atoms with Crippen LogP contribution in [-0.4, -0.2) is 63.4 Å². The molecule has 7 nitrogen and oxygen atoms in total. The summed E-state index contributed by atoms with van der Waals surface area (Å²) in [5.74, 6) is -2.81. The van der Waals surface area contributed by atoms with Crippen molar-refractivity contribution in [3.8, 4) is 0 Å². The average molecular weight is 398 g/mol. The Hall–Kier alpha value is -2.62. The molecule has 10 heteroatoms. The quantitative estimate of drug-likeness (QED) is 0.722. The zero-order valence-electron chi connectivity index (χ0n) is 15.2. The molecule has 28 heavy (non-hydrogen) atoms. The van der Waals surface area contributed by atoms with Gasteiger partial charge in [-0.05, 0) is 38.8 Å². The first-order chi connectivity index (χ1) is 13.2. The summed E-state index contributed by atoms with van der Waals surface area (Å²) in [5.41, 5.74) is 1.42. The summed E-state index contributed by atoms with van der Waals surface area (Å²) >= 11 is 0. The highest BCUT2D eigenvalue weighted by atomic mass is 19.4. The van der Waals surface area contributed by atoms with Gasteiger partial charge in [0.2, 0.25) is 0 Å². The van der Waals surface area contributed by atoms with Crippen LogP contribution in [0, 0.1) is 0 Å². The van der Waals surface area contributed by atoms with Gasteiger partial charge in [0.1, 0.15) is 0 Å². The minimum atomic E-state index is -5.08. The van der Waals surface area contributed by atoms with E-state index in [1.54, 1.807) is 0 Å². The van der Waals surface area contributed by atoms with Crippen molar-refractivity contribution in [2.75, 3.05) is 7.05 Å². The first kappa shape index (κ1) is 20.1. The third kappa shape index (κ3) is 4.27. The number of hydrogen-bond acceptors (Lipinski definition) is 4. The van der Waals surface area contributed by atoms with Crippen molar-refractivity contribution in [3.05, 3.63) is 30.0 Å². The molecule has 0 saturated carbocycles. The number of H-pyrrole nitrogens is 1. The Kier molecular flexibility index (Phi) is 5.59. The van der Waals surface area contributed by atoms with Gasteiger partial charge in [-0.2, -0.15) is 18.3 Å². The highest BCUT2D eigenvalue weighted by Crippen LogP contribution is 2.34. The molecule has 0 aliphatic carbocycles. The van der Waals surface area contributed by atoms with Gasteiger partial charge >= 0.3 is 12.1 Å². The molecule has 1 amide bonds. The lowest BCUT2D eigenvalue weighted by atomic mass is 9.98. The molecule has 1 aromatic carbocycles. The number of nitrogens with zero attached hydrogens (tertiary/aromatic N) is 2. The van der Waals surface area contributed by atoms with Crippen molar-refractivity contribution in [1.29, 1.82) is 0 Å². The number of hydrogen-bond donors (Lipinski definition) is 3. The minimum Gasteiger partial charge on any atom is -0.475 e. The second kappa shape index (κ2) is 7.78. The number of nitrogens with one attached hydrogen (secondary N) is 2. The molecular formula is C18H21F3N4O3. The van der Waals surface area contributed by atoms with Crippen molar-refractivity contribution in [2.45, 2.75) is 50.0 Å². The number of carboxylic acid groups (broad SMARTS) is 1. The average Bonchev–Trinajstić information content (AvgIpc) is 3.12. The zero-order valence-corrected chi connectivity index (χ0v) is 15.2. The van der Waals surface area contributed by atoms with Crippen LogP contribution < -0.4 is 5.32 Å². The number of carboxylic acids is 1. The molecule has 3 atom stereocenters. The van der Waals surface area contributed by atoms with Gasteiger partial charge in [-0.1, -0.05) is 18.2 Å². The summed E-state index contributed by atoms with van der Waals surface area (Å²) < 4.78 is 31.7.